The Morgan fingerprint density at radius 2 is 2.08 bits per heavy atom. The highest BCUT2D eigenvalue weighted by atomic mass is 35.6. The maximum Gasteiger partial charge on any atom is 0.336 e. The van der Waals surface area contributed by atoms with Crippen LogP contribution in [0.25, 0.3) is 0 Å². The molecule has 0 heterocycles. The second-order valence-electron chi connectivity index (χ2n) is 5.31. The molecule has 0 aliphatic heterocycles. The predicted octanol–water partition coefficient (Wildman–Crippen LogP) is 3.21. The largest absolute Gasteiger partial charge is 0.426 e. The fourth-order valence-corrected chi connectivity index (χ4v) is 3.89. The number of carbonyl (C=O) groups is 1. The third-order valence-electron chi connectivity index (χ3n) is 3.38. The summed E-state index contributed by atoms with van der Waals surface area (Å²) in [7, 11) is -4.10. The van der Waals surface area contributed by atoms with Gasteiger partial charge in [-0.25, -0.2) is 0 Å². The molecule has 0 radical (unpaired) electrons. The lowest BCUT2D eigenvalue weighted by Crippen LogP contribution is -2.34. The molecular formula is C14H16Cl3NO5S. The first-order valence-corrected chi connectivity index (χ1v) is 9.65. The van der Waals surface area contributed by atoms with Gasteiger partial charge in [-0.3, -0.25) is 8.98 Å². The summed E-state index contributed by atoms with van der Waals surface area (Å²) in [5.41, 5.74) is 1.54. The molecule has 1 atom stereocenters. The summed E-state index contributed by atoms with van der Waals surface area (Å²) in [5, 5.41) is 0. The number of nitrogens with one attached hydrogen (secondary N) is 1. The number of ether oxygens (including phenoxy) is 1. The first-order chi connectivity index (χ1) is 11.1. The Bertz CT molecular complexity index is 718. The molecule has 2 rings (SSSR count). The van der Waals surface area contributed by atoms with Crippen LogP contribution < -0.4 is 9.46 Å². The zero-order valence-electron chi connectivity index (χ0n) is 12.7. The number of hydrogen-bond acceptors (Lipinski definition) is 5. The van der Waals surface area contributed by atoms with Crippen molar-refractivity contribution in [3.8, 4) is 5.75 Å². The predicted molar refractivity (Wildman–Crippen MR) is 91.7 cm³/mol. The van der Waals surface area contributed by atoms with Gasteiger partial charge in [0.1, 0.15) is 12.4 Å². The maximum absolute atomic E-state index is 12.0. The van der Waals surface area contributed by atoms with E-state index in [0.717, 1.165) is 17.5 Å². The van der Waals surface area contributed by atoms with Crippen LogP contribution in [0.3, 0.4) is 0 Å². The molecule has 0 spiro atoms. The van der Waals surface area contributed by atoms with E-state index in [1.165, 1.54) is 6.92 Å². The van der Waals surface area contributed by atoms with Gasteiger partial charge in [0.05, 0.1) is 0 Å². The number of benzene rings is 1. The average Bonchev–Trinajstić information content (AvgIpc) is 2.45. The molecule has 1 unspecified atom stereocenters. The van der Waals surface area contributed by atoms with Crippen molar-refractivity contribution in [2.45, 2.75) is 36.0 Å². The van der Waals surface area contributed by atoms with E-state index in [1.54, 1.807) is 18.2 Å². The van der Waals surface area contributed by atoms with Crippen molar-refractivity contribution in [1.29, 1.82) is 0 Å². The second-order valence-corrected chi connectivity index (χ2v) is 9.21. The van der Waals surface area contributed by atoms with Crippen LogP contribution in [0.5, 0.6) is 5.75 Å². The molecule has 6 nitrogen and oxygen atoms in total. The quantitative estimate of drug-likeness (QED) is 0.453. The lowest BCUT2D eigenvalue weighted by Gasteiger charge is -2.27. The summed E-state index contributed by atoms with van der Waals surface area (Å²) in [6.07, 6.45) is 1.99. The summed E-state index contributed by atoms with van der Waals surface area (Å²) >= 11 is 16.5. The van der Waals surface area contributed by atoms with Crippen LogP contribution >= 0.6 is 34.8 Å². The Kier molecular flexibility index (Phi) is 6.39. The van der Waals surface area contributed by atoms with E-state index in [4.69, 9.17) is 39.5 Å². The minimum absolute atomic E-state index is 0.433. The average molecular weight is 417 g/mol. The van der Waals surface area contributed by atoms with Crippen LogP contribution in [0.15, 0.2) is 18.2 Å². The monoisotopic (exact) mass is 415 g/mol. The van der Waals surface area contributed by atoms with E-state index >= 15 is 0 Å². The number of alkyl halides is 3. The number of fused-ring (bicyclic) bond motifs is 1. The van der Waals surface area contributed by atoms with Gasteiger partial charge in [0.25, 0.3) is 0 Å². The van der Waals surface area contributed by atoms with Crippen molar-refractivity contribution in [1.82, 2.24) is 4.72 Å². The zero-order chi connectivity index (χ0) is 18.0. The Balaban J connectivity index is 2.19. The van der Waals surface area contributed by atoms with Gasteiger partial charge >= 0.3 is 16.3 Å². The van der Waals surface area contributed by atoms with Crippen molar-refractivity contribution in [3.05, 3.63) is 29.3 Å². The first-order valence-electron chi connectivity index (χ1n) is 7.11. The lowest BCUT2D eigenvalue weighted by molar-refractivity contribution is -0.131. The van der Waals surface area contributed by atoms with Gasteiger partial charge in [0.15, 0.2) is 0 Å². The molecule has 24 heavy (non-hydrogen) atoms. The molecule has 134 valence electrons. The third kappa shape index (κ3) is 5.75. The van der Waals surface area contributed by atoms with Gasteiger partial charge in [-0.1, -0.05) is 46.9 Å². The van der Waals surface area contributed by atoms with Crippen LogP contribution in [0.4, 0.5) is 0 Å². The van der Waals surface area contributed by atoms with Gasteiger partial charge in [-0.15, -0.1) is 0 Å². The van der Waals surface area contributed by atoms with Gasteiger partial charge in [-0.05, 0) is 36.5 Å². The second kappa shape index (κ2) is 7.76. The summed E-state index contributed by atoms with van der Waals surface area (Å²) in [6, 6.07) is 4.65. The van der Waals surface area contributed by atoms with E-state index in [9.17, 15) is 13.2 Å². The van der Waals surface area contributed by atoms with E-state index in [-0.39, 0.29) is 0 Å². The van der Waals surface area contributed by atoms with Gasteiger partial charge in [0, 0.05) is 13.0 Å². The van der Waals surface area contributed by atoms with Crippen LogP contribution in [-0.2, 0) is 25.7 Å². The van der Waals surface area contributed by atoms with Crippen LogP contribution in [-0.4, -0.2) is 24.8 Å². The van der Waals surface area contributed by atoms with Crippen molar-refractivity contribution < 1.29 is 22.1 Å². The van der Waals surface area contributed by atoms with Crippen molar-refractivity contribution in [2.75, 3.05) is 6.61 Å². The minimum atomic E-state index is -4.10. The first kappa shape index (κ1) is 19.8. The van der Waals surface area contributed by atoms with Crippen LogP contribution in [0.1, 0.15) is 36.9 Å². The van der Waals surface area contributed by atoms with Gasteiger partial charge in [0.2, 0.25) is 3.79 Å². The van der Waals surface area contributed by atoms with Crippen molar-refractivity contribution in [3.63, 3.8) is 0 Å². The third-order valence-corrected chi connectivity index (χ3v) is 4.71. The van der Waals surface area contributed by atoms with E-state index in [0.29, 0.717) is 18.6 Å². The Labute approximate surface area is 155 Å². The van der Waals surface area contributed by atoms with Gasteiger partial charge < -0.3 is 4.74 Å². The minimum Gasteiger partial charge on any atom is -0.426 e. The summed E-state index contributed by atoms with van der Waals surface area (Å²) in [5.74, 6) is 0.00298. The number of rotatable bonds is 5. The highest BCUT2D eigenvalue weighted by molar-refractivity contribution is 7.84. The molecule has 0 bridgehead atoms. The highest BCUT2D eigenvalue weighted by Crippen LogP contribution is 2.36. The molecule has 0 saturated carbocycles. The van der Waals surface area contributed by atoms with E-state index in [2.05, 4.69) is 8.91 Å². The molecule has 0 fully saturated rings. The lowest BCUT2D eigenvalue weighted by atomic mass is 9.87. The molecule has 1 aliphatic carbocycles. The Morgan fingerprint density at radius 1 is 1.38 bits per heavy atom. The number of halogens is 3. The standard InChI is InChI=1S/C14H16Cl3NO5S/c1-9(19)23-13-7-3-4-10-11(13)5-2-6-12(10)18-24(20,21)22-8-14(15,16)17/h3-4,7,12,18H,2,5-6,8H2,1H3. The fourth-order valence-electron chi connectivity index (χ4n) is 2.54. The molecule has 1 N–H and O–H groups in total. The molecular weight excluding hydrogens is 401 g/mol. The number of hydrogen-bond donors (Lipinski definition) is 1. The van der Waals surface area contributed by atoms with Crippen LogP contribution in [0.2, 0.25) is 0 Å². The number of esters is 1. The van der Waals surface area contributed by atoms with Crippen LogP contribution in [0, 0.1) is 0 Å². The summed E-state index contributed by atoms with van der Waals surface area (Å²) < 4.78 is 34.5. The molecule has 1 aromatic carbocycles. The topological polar surface area (TPSA) is 81.7 Å². The molecule has 1 aromatic rings. The Hall–Kier alpha value is -0.570. The van der Waals surface area contributed by atoms with Gasteiger partial charge in [-0.2, -0.15) is 13.1 Å². The Morgan fingerprint density at radius 3 is 2.71 bits per heavy atom. The molecule has 10 heteroatoms. The summed E-state index contributed by atoms with van der Waals surface area (Å²) in [6.45, 7) is 0.715. The normalized spacial score (nSPS) is 18.1. The van der Waals surface area contributed by atoms with Crippen molar-refractivity contribution in [2.24, 2.45) is 0 Å². The SMILES string of the molecule is CC(=O)Oc1cccc2c1CCCC2NS(=O)(=O)OCC(Cl)(Cl)Cl. The zero-order valence-corrected chi connectivity index (χ0v) is 15.8. The molecule has 0 aromatic heterocycles. The molecule has 0 saturated heterocycles. The highest BCUT2D eigenvalue weighted by Gasteiger charge is 2.29. The summed E-state index contributed by atoms with van der Waals surface area (Å²) in [4.78, 5) is 11.2. The maximum atomic E-state index is 12.0. The van der Waals surface area contributed by atoms with E-state index in [1.807, 2.05) is 0 Å². The van der Waals surface area contributed by atoms with E-state index < -0.39 is 32.7 Å². The molecule has 0 amide bonds. The fraction of sp³-hybridized carbons (Fsp3) is 0.500. The molecule has 1 aliphatic rings. The number of carbonyl (C=O) groups excluding carboxylic acids is 1. The smallest absolute Gasteiger partial charge is 0.336 e. The van der Waals surface area contributed by atoms with Crippen molar-refractivity contribution >= 4 is 51.1 Å².